The Morgan fingerprint density at radius 1 is 0.848 bits per heavy atom. The number of nitrogens with one attached hydrogen (secondary N) is 1. The Morgan fingerprint density at radius 3 is 2.21 bits per heavy atom. The van der Waals surface area contributed by atoms with Crippen molar-refractivity contribution in [2.24, 2.45) is 0 Å². The van der Waals surface area contributed by atoms with E-state index in [1.807, 2.05) is 48.2 Å². The van der Waals surface area contributed by atoms with Crippen LogP contribution in [0.15, 0.2) is 78.5 Å². The number of nitrogens with zero attached hydrogens (tertiary/aromatic N) is 2. The molecule has 0 radical (unpaired) electrons. The van der Waals surface area contributed by atoms with Crippen molar-refractivity contribution in [3.63, 3.8) is 0 Å². The molecule has 0 unspecified atom stereocenters. The van der Waals surface area contributed by atoms with Crippen molar-refractivity contribution in [3.05, 3.63) is 95.2 Å². The Morgan fingerprint density at radius 2 is 1.52 bits per heavy atom. The fraction of sp³-hybridized carbons (Fsp3) is 0.148. The van der Waals surface area contributed by atoms with Gasteiger partial charge in [-0.2, -0.15) is 0 Å². The minimum absolute atomic E-state index is 0.172. The molecule has 164 valence electrons. The molecule has 1 N–H and O–H groups in total. The van der Waals surface area contributed by atoms with Crippen LogP contribution < -0.4 is 15.1 Å². The van der Waals surface area contributed by atoms with Crippen LogP contribution in [0.3, 0.4) is 0 Å². The van der Waals surface area contributed by atoms with Crippen LogP contribution in [0, 0.1) is 6.92 Å². The fourth-order valence-electron chi connectivity index (χ4n) is 4.56. The van der Waals surface area contributed by atoms with Crippen molar-refractivity contribution in [1.29, 1.82) is 0 Å². The minimum atomic E-state index is -0.346. The first kappa shape index (κ1) is 20.7. The van der Waals surface area contributed by atoms with Gasteiger partial charge in [0.15, 0.2) is 0 Å². The van der Waals surface area contributed by atoms with Gasteiger partial charge in [-0.3, -0.25) is 14.4 Å². The van der Waals surface area contributed by atoms with Gasteiger partial charge in [0.25, 0.3) is 11.8 Å². The Balaban J connectivity index is 1.65. The molecular weight excluding hydrogens is 414 g/mol. The number of benzene rings is 3. The van der Waals surface area contributed by atoms with E-state index in [0.29, 0.717) is 34.8 Å². The topological polar surface area (TPSA) is 69.7 Å². The van der Waals surface area contributed by atoms with Crippen molar-refractivity contribution >= 4 is 40.4 Å². The number of amides is 3. The summed E-state index contributed by atoms with van der Waals surface area (Å²) in [6, 6.07) is 22.4. The number of rotatable bonds is 4. The third kappa shape index (κ3) is 3.49. The van der Waals surface area contributed by atoms with Gasteiger partial charge in [-0.15, -0.1) is 0 Å². The van der Waals surface area contributed by atoms with E-state index in [1.165, 1.54) is 11.8 Å². The number of imide groups is 1. The van der Waals surface area contributed by atoms with Crippen LogP contribution >= 0.6 is 0 Å². The zero-order valence-corrected chi connectivity index (χ0v) is 18.5. The number of anilines is 3. The summed E-state index contributed by atoms with van der Waals surface area (Å²) in [5, 5.41) is 2.74. The van der Waals surface area contributed by atoms with Crippen LogP contribution in [0.1, 0.15) is 23.6 Å². The molecule has 0 aromatic heterocycles. The van der Waals surface area contributed by atoms with E-state index in [4.69, 9.17) is 0 Å². The predicted molar refractivity (Wildman–Crippen MR) is 129 cm³/mol. The first-order valence-corrected chi connectivity index (χ1v) is 10.9. The molecule has 3 amide bonds. The number of fused-ring (bicyclic) bond motifs is 1. The number of hydrogen-bond acceptors (Lipinski definition) is 4. The number of aryl methyl sites for hydroxylation is 1. The van der Waals surface area contributed by atoms with Crippen molar-refractivity contribution in [2.45, 2.75) is 20.3 Å². The molecule has 0 saturated carbocycles. The molecule has 0 aliphatic carbocycles. The number of para-hydroxylation sites is 2. The van der Waals surface area contributed by atoms with Gasteiger partial charge in [0.1, 0.15) is 5.70 Å². The van der Waals surface area contributed by atoms with E-state index < -0.39 is 0 Å². The lowest BCUT2D eigenvalue weighted by atomic mass is 10.0. The van der Waals surface area contributed by atoms with Crippen LogP contribution in [0.25, 0.3) is 5.57 Å². The summed E-state index contributed by atoms with van der Waals surface area (Å²) in [5.74, 6) is -0.845. The van der Waals surface area contributed by atoms with Crippen LogP contribution in [-0.4, -0.2) is 24.3 Å². The lowest BCUT2D eigenvalue weighted by Crippen LogP contribution is -2.35. The number of carbonyl (C=O) groups is 3. The lowest BCUT2D eigenvalue weighted by molar-refractivity contribution is -0.120. The molecule has 33 heavy (non-hydrogen) atoms. The third-order valence-electron chi connectivity index (χ3n) is 6.07. The highest BCUT2D eigenvalue weighted by Gasteiger charge is 2.44. The van der Waals surface area contributed by atoms with Crippen molar-refractivity contribution < 1.29 is 14.4 Å². The number of carbonyl (C=O) groups excluding carboxylic acids is 3. The Hall–Kier alpha value is -4.19. The average molecular weight is 437 g/mol. The maximum absolute atomic E-state index is 13.8. The normalized spacial score (nSPS) is 15.3. The summed E-state index contributed by atoms with van der Waals surface area (Å²) in [7, 11) is 0. The molecular formula is C27H23N3O3. The van der Waals surface area contributed by atoms with Crippen LogP contribution in [0.2, 0.25) is 0 Å². The molecule has 2 heterocycles. The summed E-state index contributed by atoms with van der Waals surface area (Å²) in [4.78, 5) is 42.2. The number of hydrogen-bond donors (Lipinski definition) is 1. The Kier molecular flexibility index (Phi) is 5.05. The third-order valence-corrected chi connectivity index (χ3v) is 6.07. The van der Waals surface area contributed by atoms with Gasteiger partial charge in [0.2, 0.25) is 5.91 Å². The van der Waals surface area contributed by atoms with E-state index in [1.54, 1.807) is 30.3 Å². The van der Waals surface area contributed by atoms with Crippen LogP contribution in [0.4, 0.5) is 17.1 Å². The molecule has 0 atom stereocenters. The Bertz CT molecular complexity index is 1320. The molecule has 6 nitrogen and oxygen atoms in total. The second-order valence-electron chi connectivity index (χ2n) is 8.24. The predicted octanol–water partition coefficient (Wildman–Crippen LogP) is 4.30. The molecule has 6 heteroatoms. The molecule has 0 saturated heterocycles. The first-order valence-electron chi connectivity index (χ1n) is 10.9. The van der Waals surface area contributed by atoms with Crippen LogP contribution in [0.5, 0.6) is 0 Å². The first-order chi connectivity index (χ1) is 16.0. The maximum atomic E-state index is 13.8. The standard InChI is InChI=1S/C27H23N3O3/c1-17-7-3-5-9-22(17)30-26(32)24(20-11-13-21(14-12-20)28-18(2)31)25(27(30)33)29-16-15-19-8-4-6-10-23(19)29/h3-14H,15-16H2,1-2H3,(H,28,31). The maximum Gasteiger partial charge on any atom is 0.282 e. The van der Waals surface area contributed by atoms with Gasteiger partial charge in [0.05, 0.1) is 11.3 Å². The molecule has 2 aliphatic rings. The van der Waals surface area contributed by atoms with Gasteiger partial charge in [-0.25, -0.2) is 4.90 Å². The van der Waals surface area contributed by atoms with Crippen molar-refractivity contribution in [3.8, 4) is 0 Å². The summed E-state index contributed by atoms with van der Waals surface area (Å²) >= 11 is 0. The van der Waals surface area contributed by atoms with E-state index >= 15 is 0 Å². The van der Waals surface area contributed by atoms with Gasteiger partial charge in [-0.05, 0) is 54.3 Å². The monoisotopic (exact) mass is 437 g/mol. The second kappa shape index (κ2) is 8.06. The molecule has 0 fully saturated rings. The molecule has 5 rings (SSSR count). The van der Waals surface area contributed by atoms with Crippen molar-refractivity contribution in [2.75, 3.05) is 21.7 Å². The zero-order chi connectivity index (χ0) is 23.1. The molecule has 2 aliphatic heterocycles. The summed E-state index contributed by atoms with van der Waals surface area (Å²) in [6.45, 7) is 3.96. The highest BCUT2D eigenvalue weighted by molar-refractivity contribution is 6.46. The van der Waals surface area contributed by atoms with Crippen LogP contribution in [-0.2, 0) is 20.8 Å². The highest BCUT2D eigenvalue weighted by atomic mass is 16.2. The van der Waals surface area contributed by atoms with Gasteiger partial charge in [0, 0.05) is 24.8 Å². The van der Waals surface area contributed by atoms with E-state index in [2.05, 4.69) is 11.4 Å². The van der Waals surface area contributed by atoms with Gasteiger partial charge in [-0.1, -0.05) is 48.5 Å². The molecule has 3 aromatic carbocycles. The van der Waals surface area contributed by atoms with Crippen molar-refractivity contribution in [1.82, 2.24) is 0 Å². The van der Waals surface area contributed by atoms with E-state index in [0.717, 1.165) is 23.2 Å². The SMILES string of the molecule is CC(=O)Nc1ccc(C2=C(N3CCc4ccccc43)C(=O)N(c3ccccc3C)C2=O)cc1. The average Bonchev–Trinajstić information content (AvgIpc) is 3.33. The minimum Gasteiger partial charge on any atom is -0.336 e. The lowest BCUT2D eigenvalue weighted by Gasteiger charge is -2.22. The largest absolute Gasteiger partial charge is 0.336 e. The zero-order valence-electron chi connectivity index (χ0n) is 18.5. The summed E-state index contributed by atoms with van der Waals surface area (Å²) < 4.78 is 0. The molecule has 0 bridgehead atoms. The van der Waals surface area contributed by atoms with E-state index in [9.17, 15) is 14.4 Å². The van der Waals surface area contributed by atoms with Gasteiger partial charge < -0.3 is 10.2 Å². The smallest absolute Gasteiger partial charge is 0.282 e. The summed E-state index contributed by atoms with van der Waals surface area (Å²) in [5.41, 5.74) is 5.57. The summed E-state index contributed by atoms with van der Waals surface area (Å²) in [6.07, 6.45) is 0.806. The molecule has 0 spiro atoms. The molecule has 3 aromatic rings. The Labute approximate surface area is 192 Å². The second-order valence-corrected chi connectivity index (χ2v) is 8.24. The quantitative estimate of drug-likeness (QED) is 0.618. The van der Waals surface area contributed by atoms with E-state index in [-0.39, 0.29) is 17.7 Å². The fourth-order valence-corrected chi connectivity index (χ4v) is 4.56. The van der Waals surface area contributed by atoms with Gasteiger partial charge >= 0.3 is 0 Å². The highest BCUT2D eigenvalue weighted by Crippen LogP contribution is 2.40.